The second-order valence-electron chi connectivity index (χ2n) is 7.84. The van der Waals surface area contributed by atoms with Gasteiger partial charge in [-0.1, -0.05) is 17.8 Å². The van der Waals surface area contributed by atoms with E-state index in [0.29, 0.717) is 10.9 Å². The molecule has 1 fully saturated rings. The predicted molar refractivity (Wildman–Crippen MR) is 126 cm³/mol. The highest BCUT2D eigenvalue weighted by molar-refractivity contribution is 8.15. The number of thioether (sulfide) groups is 1. The molecule has 2 aliphatic heterocycles. The molecule has 0 radical (unpaired) electrons. The number of hydrogen-bond acceptors (Lipinski definition) is 7. The molecular formula is C22H25N3O4S2. The standard InChI is InChI=1S/C22H25N3O4S2/c1-14-4-5-16(10-15(14)2)23-21(26)11-25(17-6-8-18(29-3)9-7-17)22-24-19-12-31(27,28)13-20(19)30-22/h4-10,19-20H,11-13H2,1-3H3,(H,23,26)/t19-,20+/m1/s1. The van der Waals surface area contributed by atoms with Crippen molar-refractivity contribution < 1.29 is 17.9 Å². The second-order valence-corrected chi connectivity index (χ2v) is 11.2. The van der Waals surface area contributed by atoms with Crippen LogP contribution < -0.4 is 15.0 Å². The van der Waals surface area contributed by atoms with Crippen LogP contribution in [0.5, 0.6) is 5.75 Å². The summed E-state index contributed by atoms with van der Waals surface area (Å²) >= 11 is 1.43. The Morgan fingerprint density at radius 1 is 1.16 bits per heavy atom. The number of nitrogens with zero attached hydrogens (tertiary/aromatic N) is 2. The normalized spacial score (nSPS) is 21.3. The molecule has 2 heterocycles. The topological polar surface area (TPSA) is 88.1 Å². The minimum atomic E-state index is -3.04. The first-order valence-corrected chi connectivity index (χ1v) is 12.7. The van der Waals surface area contributed by atoms with Crippen LogP contribution in [0.4, 0.5) is 11.4 Å². The van der Waals surface area contributed by atoms with E-state index < -0.39 is 9.84 Å². The Bertz CT molecular complexity index is 1130. The van der Waals surface area contributed by atoms with E-state index in [0.717, 1.165) is 22.5 Å². The van der Waals surface area contributed by atoms with Crippen molar-refractivity contribution in [1.82, 2.24) is 0 Å². The van der Waals surface area contributed by atoms with Gasteiger partial charge >= 0.3 is 0 Å². The first-order chi connectivity index (χ1) is 14.7. The third-order valence-electron chi connectivity index (χ3n) is 5.51. The summed E-state index contributed by atoms with van der Waals surface area (Å²) in [4.78, 5) is 19.4. The van der Waals surface area contributed by atoms with Gasteiger partial charge in [-0.3, -0.25) is 9.79 Å². The molecule has 0 bridgehead atoms. The number of ether oxygens (including phenoxy) is 1. The highest BCUT2D eigenvalue weighted by Crippen LogP contribution is 2.37. The Labute approximate surface area is 186 Å². The SMILES string of the molecule is COc1ccc(N(CC(=O)Nc2ccc(C)c(C)c2)C2=N[C@@H]3CS(=O)(=O)C[C@@H]3S2)cc1. The molecule has 2 aromatic carbocycles. The van der Waals surface area contributed by atoms with E-state index in [-0.39, 0.29) is 35.2 Å². The maximum Gasteiger partial charge on any atom is 0.244 e. The van der Waals surface area contributed by atoms with Gasteiger partial charge in [0.25, 0.3) is 0 Å². The molecule has 2 aliphatic rings. The summed E-state index contributed by atoms with van der Waals surface area (Å²) in [5.74, 6) is 0.736. The van der Waals surface area contributed by atoms with Crippen molar-refractivity contribution in [2.45, 2.75) is 25.1 Å². The van der Waals surface area contributed by atoms with E-state index in [1.807, 2.05) is 61.2 Å². The Morgan fingerprint density at radius 3 is 2.55 bits per heavy atom. The maximum atomic E-state index is 12.9. The summed E-state index contributed by atoms with van der Waals surface area (Å²) in [5, 5.41) is 3.53. The van der Waals surface area contributed by atoms with Crippen molar-refractivity contribution in [2.75, 3.05) is 35.4 Å². The molecule has 1 N–H and O–H groups in total. The van der Waals surface area contributed by atoms with Crippen LogP contribution in [0.2, 0.25) is 0 Å². The average molecular weight is 460 g/mol. The number of rotatable bonds is 5. The summed E-state index contributed by atoms with van der Waals surface area (Å²) in [6.07, 6.45) is 0. The number of fused-ring (bicyclic) bond motifs is 1. The van der Waals surface area contributed by atoms with Gasteiger partial charge in [-0.25, -0.2) is 8.42 Å². The molecular weight excluding hydrogens is 434 g/mol. The summed E-state index contributed by atoms with van der Waals surface area (Å²) in [7, 11) is -1.44. The van der Waals surface area contributed by atoms with Crippen LogP contribution in [-0.4, -0.2) is 55.9 Å². The molecule has 0 spiro atoms. The minimum absolute atomic E-state index is 0.0667. The van der Waals surface area contributed by atoms with Crippen molar-refractivity contribution in [2.24, 2.45) is 4.99 Å². The molecule has 1 saturated heterocycles. The summed E-state index contributed by atoms with van der Waals surface area (Å²) in [5.41, 5.74) is 3.81. The van der Waals surface area contributed by atoms with Crippen LogP contribution >= 0.6 is 11.8 Å². The number of aryl methyl sites for hydroxylation is 2. The van der Waals surface area contributed by atoms with E-state index >= 15 is 0 Å². The van der Waals surface area contributed by atoms with Gasteiger partial charge in [-0.2, -0.15) is 0 Å². The molecule has 7 nitrogen and oxygen atoms in total. The molecule has 4 rings (SSSR count). The zero-order valence-electron chi connectivity index (χ0n) is 17.7. The van der Waals surface area contributed by atoms with E-state index in [4.69, 9.17) is 4.74 Å². The Balaban J connectivity index is 1.56. The van der Waals surface area contributed by atoms with Gasteiger partial charge in [0.2, 0.25) is 5.91 Å². The van der Waals surface area contributed by atoms with Gasteiger partial charge in [0.15, 0.2) is 15.0 Å². The minimum Gasteiger partial charge on any atom is -0.497 e. The third-order valence-corrected chi connectivity index (χ3v) is 8.76. The molecule has 0 aliphatic carbocycles. The first-order valence-electron chi connectivity index (χ1n) is 9.98. The largest absolute Gasteiger partial charge is 0.497 e. The van der Waals surface area contributed by atoms with Crippen LogP contribution in [0.15, 0.2) is 47.5 Å². The van der Waals surface area contributed by atoms with Crippen LogP contribution in [0.1, 0.15) is 11.1 Å². The van der Waals surface area contributed by atoms with E-state index in [1.54, 1.807) is 7.11 Å². The summed E-state index contributed by atoms with van der Waals surface area (Å²) in [6.45, 7) is 4.10. The van der Waals surface area contributed by atoms with Crippen molar-refractivity contribution in [3.63, 3.8) is 0 Å². The van der Waals surface area contributed by atoms with E-state index in [2.05, 4.69) is 10.3 Å². The number of carbonyl (C=O) groups is 1. The van der Waals surface area contributed by atoms with Crippen LogP contribution in [0, 0.1) is 13.8 Å². The summed E-state index contributed by atoms with van der Waals surface area (Å²) < 4.78 is 29.1. The van der Waals surface area contributed by atoms with Crippen molar-refractivity contribution >= 4 is 44.0 Å². The summed E-state index contributed by atoms with van der Waals surface area (Å²) in [6, 6.07) is 13.0. The lowest BCUT2D eigenvalue weighted by Gasteiger charge is -2.24. The third kappa shape index (κ3) is 4.88. The molecule has 0 unspecified atom stereocenters. The lowest BCUT2D eigenvalue weighted by Crippen LogP contribution is -2.36. The second kappa shape index (κ2) is 8.55. The van der Waals surface area contributed by atoms with Crippen molar-refractivity contribution in [3.05, 3.63) is 53.6 Å². The highest BCUT2D eigenvalue weighted by Gasteiger charge is 2.44. The van der Waals surface area contributed by atoms with Gasteiger partial charge < -0.3 is 15.0 Å². The van der Waals surface area contributed by atoms with Gasteiger partial charge in [0, 0.05) is 16.6 Å². The van der Waals surface area contributed by atoms with E-state index in [1.165, 1.54) is 11.8 Å². The molecule has 31 heavy (non-hydrogen) atoms. The molecule has 0 saturated carbocycles. The smallest absolute Gasteiger partial charge is 0.244 e. The first kappa shape index (κ1) is 21.7. The van der Waals surface area contributed by atoms with Gasteiger partial charge in [-0.05, 0) is 61.4 Å². The lowest BCUT2D eigenvalue weighted by molar-refractivity contribution is -0.114. The Hall–Kier alpha value is -2.52. The number of aliphatic imine (C=N–C) groups is 1. The fourth-order valence-corrected chi connectivity index (χ4v) is 7.45. The number of amidine groups is 1. The number of sulfone groups is 1. The molecule has 164 valence electrons. The van der Waals surface area contributed by atoms with Crippen LogP contribution in [0.3, 0.4) is 0 Å². The quantitative estimate of drug-likeness (QED) is 0.740. The highest BCUT2D eigenvalue weighted by atomic mass is 32.2. The lowest BCUT2D eigenvalue weighted by atomic mass is 10.1. The predicted octanol–water partition coefficient (Wildman–Crippen LogP) is 3.03. The van der Waals surface area contributed by atoms with Gasteiger partial charge in [-0.15, -0.1) is 0 Å². The van der Waals surface area contributed by atoms with Crippen LogP contribution in [0.25, 0.3) is 0 Å². The zero-order valence-corrected chi connectivity index (χ0v) is 19.3. The number of hydrogen-bond donors (Lipinski definition) is 1. The molecule has 9 heteroatoms. The average Bonchev–Trinajstić information content (AvgIpc) is 3.22. The molecule has 2 atom stereocenters. The zero-order chi connectivity index (χ0) is 22.2. The van der Waals surface area contributed by atoms with Gasteiger partial charge in [0.1, 0.15) is 12.3 Å². The number of nitrogens with one attached hydrogen (secondary N) is 1. The fraction of sp³-hybridized carbons (Fsp3) is 0.364. The molecule has 2 aromatic rings. The van der Waals surface area contributed by atoms with Crippen molar-refractivity contribution in [1.29, 1.82) is 0 Å². The maximum absolute atomic E-state index is 12.9. The number of amides is 1. The number of carbonyl (C=O) groups excluding carboxylic acids is 1. The number of anilines is 2. The monoisotopic (exact) mass is 459 g/mol. The van der Waals surface area contributed by atoms with Crippen molar-refractivity contribution in [3.8, 4) is 5.75 Å². The van der Waals surface area contributed by atoms with E-state index in [9.17, 15) is 13.2 Å². The molecule has 0 aromatic heterocycles. The fourth-order valence-electron chi connectivity index (χ4n) is 3.67. The van der Waals surface area contributed by atoms with Crippen LogP contribution in [-0.2, 0) is 14.6 Å². The molecule has 1 amide bonds. The number of methoxy groups -OCH3 is 1. The number of benzene rings is 2. The Kier molecular flexibility index (Phi) is 5.98. The Morgan fingerprint density at radius 2 is 1.90 bits per heavy atom. The van der Waals surface area contributed by atoms with Gasteiger partial charge in [0.05, 0.1) is 24.7 Å².